The van der Waals surface area contributed by atoms with Crippen molar-refractivity contribution in [3.63, 3.8) is 0 Å². The van der Waals surface area contributed by atoms with Crippen LogP contribution in [0.4, 0.5) is 5.69 Å². The first-order chi connectivity index (χ1) is 10.2. The maximum Gasteiger partial charge on any atom is 0.220 e. The van der Waals surface area contributed by atoms with Gasteiger partial charge in [0.05, 0.1) is 6.04 Å². The molecule has 0 radical (unpaired) electrons. The highest BCUT2D eigenvalue weighted by Gasteiger charge is 2.23. The summed E-state index contributed by atoms with van der Waals surface area (Å²) in [6, 6.07) is 16.2. The van der Waals surface area contributed by atoms with E-state index in [1.807, 2.05) is 30.3 Å². The van der Waals surface area contributed by atoms with Gasteiger partial charge in [-0.2, -0.15) is 0 Å². The van der Waals surface area contributed by atoms with Crippen LogP contribution in [0.15, 0.2) is 48.5 Å². The Bertz CT molecular complexity index is 657. The summed E-state index contributed by atoms with van der Waals surface area (Å²) in [7, 11) is 0. The summed E-state index contributed by atoms with van der Waals surface area (Å²) in [6.07, 6.45) is 3.21. The molecule has 2 aromatic carbocycles. The van der Waals surface area contributed by atoms with Crippen molar-refractivity contribution in [1.82, 2.24) is 5.32 Å². The van der Waals surface area contributed by atoms with E-state index in [2.05, 4.69) is 23.5 Å². The van der Waals surface area contributed by atoms with Crippen LogP contribution in [0, 0.1) is 0 Å². The Labute approximate surface area is 137 Å². The zero-order chi connectivity index (χ0) is 14.7. The summed E-state index contributed by atoms with van der Waals surface area (Å²) in [5, 5.41) is 3.15. The van der Waals surface area contributed by atoms with Crippen molar-refractivity contribution in [2.45, 2.75) is 31.7 Å². The van der Waals surface area contributed by atoms with Crippen LogP contribution in [0.5, 0.6) is 0 Å². The number of nitrogens with one attached hydrogen (secondary N) is 1. The number of halogens is 1. The number of carbonyl (C=O) groups excluding carboxylic acids is 1. The van der Waals surface area contributed by atoms with Gasteiger partial charge in [-0.3, -0.25) is 4.79 Å². The number of rotatable bonds is 4. The monoisotopic (exact) mass is 316 g/mol. The lowest BCUT2D eigenvalue weighted by Gasteiger charge is -2.14. The van der Waals surface area contributed by atoms with E-state index in [1.165, 1.54) is 11.1 Å². The van der Waals surface area contributed by atoms with E-state index in [0.29, 0.717) is 12.8 Å². The van der Waals surface area contributed by atoms with E-state index >= 15 is 0 Å². The third kappa shape index (κ3) is 3.60. The van der Waals surface area contributed by atoms with Crippen LogP contribution in [0.1, 0.15) is 35.6 Å². The molecule has 0 spiro atoms. The standard InChI is InChI=1S/C18H20N2O.ClH/c19-16-8-4-2-6-14(16)10-12-18(21)20-17-11-9-13-5-1-3-7-15(13)17;/h1-8,17H,9-12,19H2,(H,20,21);1H. The molecular weight excluding hydrogens is 296 g/mol. The first-order valence-corrected chi connectivity index (χ1v) is 7.44. The lowest BCUT2D eigenvalue weighted by molar-refractivity contribution is -0.121. The molecule has 4 heteroatoms. The third-order valence-corrected chi connectivity index (χ3v) is 4.14. The second-order valence-corrected chi connectivity index (χ2v) is 5.56. The summed E-state index contributed by atoms with van der Waals surface area (Å²) >= 11 is 0. The molecule has 1 aliphatic rings. The summed E-state index contributed by atoms with van der Waals surface area (Å²) in [5.74, 6) is 0.0972. The Balaban J connectivity index is 0.00000176. The molecule has 0 saturated heterocycles. The molecule has 116 valence electrons. The van der Waals surface area contributed by atoms with E-state index in [1.54, 1.807) is 0 Å². The molecule has 1 amide bonds. The van der Waals surface area contributed by atoms with Gasteiger partial charge in [-0.1, -0.05) is 42.5 Å². The molecule has 0 heterocycles. The number of nitrogens with two attached hydrogens (primary N) is 1. The molecule has 1 aliphatic carbocycles. The van der Waals surface area contributed by atoms with Gasteiger partial charge in [0.1, 0.15) is 0 Å². The highest BCUT2D eigenvalue weighted by Crippen LogP contribution is 2.30. The topological polar surface area (TPSA) is 55.1 Å². The number of hydrogen-bond acceptors (Lipinski definition) is 2. The molecule has 3 N–H and O–H groups in total. The number of amides is 1. The van der Waals surface area contributed by atoms with Crippen LogP contribution in [0.2, 0.25) is 0 Å². The number of nitrogen functional groups attached to an aromatic ring is 1. The first kappa shape index (κ1) is 16.4. The van der Waals surface area contributed by atoms with Crippen molar-refractivity contribution >= 4 is 24.0 Å². The average Bonchev–Trinajstić information content (AvgIpc) is 2.90. The van der Waals surface area contributed by atoms with Gasteiger partial charge in [0.25, 0.3) is 0 Å². The highest BCUT2D eigenvalue weighted by atomic mass is 35.5. The molecule has 0 saturated carbocycles. The van der Waals surface area contributed by atoms with Crippen molar-refractivity contribution in [3.8, 4) is 0 Å². The molecule has 1 unspecified atom stereocenters. The molecule has 0 fully saturated rings. The number of aryl methyl sites for hydroxylation is 2. The molecule has 2 aromatic rings. The number of benzene rings is 2. The van der Waals surface area contributed by atoms with Gasteiger partial charge in [0.2, 0.25) is 5.91 Å². The van der Waals surface area contributed by atoms with Crippen LogP contribution in [0.3, 0.4) is 0 Å². The number of anilines is 1. The van der Waals surface area contributed by atoms with Crippen LogP contribution < -0.4 is 11.1 Å². The van der Waals surface area contributed by atoms with Crippen molar-refractivity contribution < 1.29 is 4.79 Å². The average molecular weight is 317 g/mol. The number of fused-ring (bicyclic) bond motifs is 1. The lowest BCUT2D eigenvalue weighted by atomic mass is 10.1. The Morgan fingerprint density at radius 2 is 1.86 bits per heavy atom. The Morgan fingerprint density at radius 1 is 1.14 bits per heavy atom. The van der Waals surface area contributed by atoms with Crippen molar-refractivity contribution in [2.75, 3.05) is 5.73 Å². The zero-order valence-corrected chi connectivity index (χ0v) is 13.2. The fraction of sp³-hybridized carbons (Fsp3) is 0.278. The second kappa shape index (κ2) is 7.32. The van der Waals surface area contributed by atoms with Gasteiger partial charge in [-0.15, -0.1) is 12.4 Å². The van der Waals surface area contributed by atoms with Crippen LogP contribution >= 0.6 is 12.4 Å². The van der Waals surface area contributed by atoms with Gasteiger partial charge in [0.15, 0.2) is 0 Å². The number of para-hydroxylation sites is 1. The highest BCUT2D eigenvalue weighted by molar-refractivity contribution is 5.85. The molecule has 22 heavy (non-hydrogen) atoms. The normalized spacial score (nSPS) is 15.7. The Kier molecular flexibility index (Phi) is 5.45. The van der Waals surface area contributed by atoms with Gasteiger partial charge in [-0.05, 0) is 42.0 Å². The third-order valence-electron chi connectivity index (χ3n) is 4.14. The predicted octanol–water partition coefficient (Wildman–Crippen LogP) is 3.43. The lowest BCUT2D eigenvalue weighted by Crippen LogP contribution is -2.27. The van der Waals surface area contributed by atoms with Crippen molar-refractivity contribution in [1.29, 1.82) is 0 Å². The second-order valence-electron chi connectivity index (χ2n) is 5.56. The molecular formula is C18H21ClN2O. The van der Waals surface area contributed by atoms with E-state index in [9.17, 15) is 4.79 Å². The SMILES string of the molecule is Cl.Nc1ccccc1CCC(=O)NC1CCc2ccccc21. The summed E-state index contributed by atoms with van der Waals surface area (Å²) in [5.41, 5.74) is 10.3. The van der Waals surface area contributed by atoms with Gasteiger partial charge in [-0.25, -0.2) is 0 Å². The van der Waals surface area contributed by atoms with E-state index in [4.69, 9.17) is 5.73 Å². The van der Waals surface area contributed by atoms with Crippen LogP contribution in [-0.2, 0) is 17.6 Å². The molecule has 3 nitrogen and oxygen atoms in total. The number of hydrogen-bond donors (Lipinski definition) is 2. The molecule has 0 aliphatic heterocycles. The minimum Gasteiger partial charge on any atom is -0.399 e. The van der Waals surface area contributed by atoms with E-state index in [-0.39, 0.29) is 24.4 Å². The first-order valence-electron chi connectivity index (χ1n) is 7.44. The predicted molar refractivity (Wildman–Crippen MR) is 92.1 cm³/mol. The fourth-order valence-corrected chi connectivity index (χ4v) is 2.98. The summed E-state index contributed by atoms with van der Waals surface area (Å²) in [6.45, 7) is 0. The summed E-state index contributed by atoms with van der Waals surface area (Å²) < 4.78 is 0. The van der Waals surface area contributed by atoms with Crippen molar-refractivity contribution in [2.24, 2.45) is 0 Å². The van der Waals surface area contributed by atoms with Crippen LogP contribution in [0.25, 0.3) is 0 Å². The Hall–Kier alpha value is -2.00. The fourth-order valence-electron chi connectivity index (χ4n) is 2.98. The van der Waals surface area contributed by atoms with Gasteiger partial charge >= 0.3 is 0 Å². The maximum atomic E-state index is 12.1. The maximum absolute atomic E-state index is 12.1. The van der Waals surface area contributed by atoms with Crippen LogP contribution in [-0.4, -0.2) is 5.91 Å². The van der Waals surface area contributed by atoms with Gasteiger partial charge in [0, 0.05) is 12.1 Å². The minimum atomic E-state index is 0. The largest absolute Gasteiger partial charge is 0.399 e. The smallest absolute Gasteiger partial charge is 0.220 e. The van der Waals surface area contributed by atoms with Gasteiger partial charge < -0.3 is 11.1 Å². The molecule has 3 rings (SSSR count). The quantitative estimate of drug-likeness (QED) is 0.849. The molecule has 0 bridgehead atoms. The Morgan fingerprint density at radius 3 is 2.68 bits per heavy atom. The molecule has 1 atom stereocenters. The van der Waals surface area contributed by atoms with Crippen molar-refractivity contribution in [3.05, 3.63) is 65.2 Å². The molecule has 0 aromatic heterocycles. The summed E-state index contributed by atoms with van der Waals surface area (Å²) in [4.78, 5) is 12.1. The number of carbonyl (C=O) groups is 1. The minimum absolute atomic E-state index is 0. The van der Waals surface area contributed by atoms with E-state index < -0.39 is 0 Å². The zero-order valence-electron chi connectivity index (χ0n) is 12.4. The van der Waals surface area contributed by atoms with E-state index in [0.717, 1.165) is 24.1 Å².